The third-order valence-electron chi connectivity index (χ3n) is 4.55. The summed E-state index contributed by atoms with van der Waals surface area (Å²) in [5.74, 6) is 0.555. The maximum atomic E-state index is 10.1. The van der Waals surface area contributed by atoms with Crippen LogP contribution in [0.1, 0.15) is 31.2 Å². The Labute approximate surface area is 149 Å². The van der Waals surface area contributed by atoms with Gasteiger partial charge in [-0.25, -0.2) is 4.98 Å². The lowest BCUT2D eigenvalue weighted by Crippen LogP contribution is -2.40. The summed E-state index contributed by atoms with van der Waals surface area (Å²) in [6.07, 6.45) is 2.69. The number of anilines is 1. The van der Waals surface area contributed by atoms with Gasteiger partial charge in [0.25, 0.3) is 0 Å². The smallest absolute Gasteiger partial charge is 0.151 e. The number of aliphatic hydroxyl groups is 1. The van der Waals surface area contributed by atoms with Gasteiger partial charge in [-0.05, 0) is 32.3 Å². The van der Waals surface area contributed by atoms with Gasteiger partial charge in [0, 0.05) is 17.8 Å². The summed E-state index contributed by atoms with van der Waals surface area (Å²) < 4.78 is 5.21. The van der Waals surface area contributed by atoms with Crippen LogP contribution in [-0.4, -0.2) is 45.1 Å². The van der Waals surface area contributed by atoms with Gasteiger partial charge in [0.05, 0.1) is 30.4 Å². The number of ether oxygens (including phenoxy) is 1. The molecule has 1 aliphatic carbocycles. The molecule has 0 bridgehead atoms. The van der Waals surface area contributed by atoms with Crippen molar-refractivity contribution in [3.05, 3.63) is 22.4 Å². The molecular formula is C16H19ClN4O2S. The zero-order chi connectivity index (χ0) is 16.9. The molecule has 0 aromatic carbocycles. The molecule has 2 unspecified atom stereocenters. The van der Waals surface area contributed by atoms with Crippen molar-refractivity contribution in [3.63, 3.8) is 0 Å². The molecule has 0 amide bonds. The van der Waals surface area contributed by atoms with Crippen molar-refractivity contribution in [2.24, 2.45) is 5.92 Å². The van der Waals surface area contributed by atoms with Crippen LogP contribution in [0.25, 0.3) is 10.6 Å². The normalized spacial score (nSPS) is 23.8. The van der Waals surface area contributed by atoms with Gasteiger partial charge in [0.2, 0.25) is 0 Å². The largest absolute Gasteiger partial charge is 0.390 e. The minimum atomic E-state index is -0.671. The van der Waals surface area contributed by atoms with Gasteiger partial charge >= 0.3 is 0 Å². The Hall–Kier alpha value is -1.28. The standard InChI is InChI=1S/C16H19ClN4O2S/c1-16(2,22)11-3-9(11)14-20-21-15(24-14)10-5-18-13(17)4-12(10)19-8-6-23-7-8/h4-5,8-9,11,22H,3,6-7H2,1-2H3,(H,18,19). The molecule has 1 aliphatic heterocycles. The van der Waals surface area contributed by atoms with Gasteiger partial charge in [0.15, 0.2) is 5.01 Å². The van der Waals surface area contributed by atoms with Crippen LogP contribution >= 0.6 is 22.9 Å². The summed E-state index contributed by atoms with van der Waals surface area (Å²) in [5.41, 5.74) is 1.13. The predicted octanol–water partition coefficient (Wildman–Crippen LogP) is 2.94. The second kappa shape index (κ2) is 5.91. The highest BCUT2D eigenvalue weighted by Crippen LogP contribution is 2.54. The molecule has 2 fully saturated rings. The van der Waals surface area contributed by atoms with Gasteiger partial charge in [-0.2, -0.15) is 0 Å². The lowest BCUT2D eigenvalue weighted by atomic mass is 10.0. The van der Waals surface area contributed by atoms with E-state index in [4.69, 9.17) is 16.3 Å². The minimum Gasteiger partial charge on any atom is -0.390 e. The fourth-order valence-corrected chi connectivity index (χ4v) is 4.20. The topological polar surface area (TPSA) is 80.2 Å². The lowest BCUT2D eigenvalue weighted by Gasteiger charge is -2.28. The number of pyridine rings is 1. The number of hydrogen-bond donors (Lipinski definition) is 2. The van der Waals surface area contributed by atoms with Crippen LogP contribution in [0, 0.1) is 5.92 Å². The Morgan fingerprint density at radius 1 is 1.38 bits per heavy atom. The van der Waals surface area contributed by atoms with Crippen molar-refractivity contribution in [1.82, 2.24) is 15.2 Å². The number of rotatable bonds is 5. The molecular weight excluding hydrogens is 348 g/mol. The molecule has 1 saturated carbocycles. The van der Waals surface area contributed by atoms with Gasteiger partial charge in [0.1, 0.15) is 10.2 Å². The van der Waals surface area contributed by atoms with E-state index in [1.807, 2.05) is 19.9 Å². The first-order valence-electron chi connectivity index (χ1n) is 7.98. The first-order valence-corrected chi connectivity index (χ1v) is 9.17. The van der Waals surface area contributed by atoms with Crippen molar-refractivity contribution in [3.8, 4) is 10.6 Å². The molecule has 2 N–H and O–H groups in total. The Balaban J connectivity index is 1.58. The molecule has 128 valence electrons. The Bertz CT molecular complexity index is 757. The molecule has 6 nitrogen and oxygen atoms in total. The Morgan fingerprint density at radius 2 is 2.17 bits per heavy atom. The molecule has 2 aliphatic rings. The zero-order valence-corrected chi connectivity index (χ0v) is 15.1. The van der Waals surface area contributed by atoms with E-state index >= 15 is 0 Å². The summed E-state index contributed by atoms with van der Waals surface area (Å²) in [4.78, 5) is 4.18. The summed E-state index contributed by atoms with van der Waals surface area (Å²) in [6, 6.07) is 2.10. The van der Waals surface area contributed by atoms with Crippen LogP contribution in [0.15, 0.2) is 12.3 Å². The average Bonchev–Trinajstić information content (AvgIpc) is 3.15. The predicted molar refractivity (Wildman–Crippen MR) is 93.5 cm³/mol. The molecule has 3 heterocycles. The molecule has 0 radical (unpaired) electrons. The Kier molecular flexibility index (Phi) is 3.99. The van der Waals surface area contributed by atoms with Crippen molar-refractivity contribution in [2.75, 3.05) is 18.5 Å². The van der Waals surface area contributed by atoms with E-state index in [1.54, 1.807) is 17.5 Å². The fraction of sp³-hybridized carbons (Fsp3) is 0.562. The van der Waals surface area contributed by atoms with E-state index in [0.717, 1.165) is 27.7 Å². The molecule has 2 aromatic heterocycles. The van der Waals surface area contributed by atoms with E-state index in [9.17, 15) is 5.11 Å². The molecule has 8 heteroatoms. The number of aromatic nitrogens is 3. The number of nitrogens with one attached hydrogen (secondary N) is 1. The van der Waals surface area contributed by atoms with Crippen molar-refractivity contribution >= 4 is 28.6 Å². The first-order chi connectivity index (χ1) is 11.4. The van der Waals surface area contributed by atoms with E-state index in [0.29, 0.717) is 24.3 Å². The first kappa shape index (κ1) is 16.2. The van der Waals surface area contributed by atoms with Gasteiger partial charge in [-0.3, -0.25) is 0 Å². The number of nitrogens with zero attached hydrogens (tertiary/aromatic N) is 3. The molecule has 2 aromatic rings. The summed E-state index contributed by atoms with van der Waals surface area (Å²) in [6.45, 7) is 5.09. The van der Waals surface area contributed by atoms with Gasteiger partial charge in [-0.1, -0.05) is 22.9 Å². The SMILES string of the molecule is CC(C)(O)C1CC1c1nnc(-c2cnc(Cl)cc2NC2COC2)s1. The average molecular weight is 367 g/mol. The van der Waals surface area contributed by atoms with Crippen LogP contribution in [0.2, 0.25) is 5.15 Å². The quantitative estimate of drug-likeness (QED) is 0.792. The lowest BCUT2D eigenvalue weighted by molar-refractivity contribution is 0.0211. The molecule has 0 spiro atoms. The third-order valence-corrected chi connectivity index (χ3v) is 5.85. The highest BCUT2D eigenvalue weighted by atomic mass is 35.5. The van der Waals surface area contributed by atoms with E-state index in [1.165, 1.54) is 0 Å². The van der Waals surface area contributed by atoms with Crippen LogP contribution in [0.4, 0.5) is 5.69 Å². The fourth-order valence-electron chi connectivity index (χ4n) is 3.00. The molecule has 4 rings (SSSR count). The van der Waals surface area contributed by atoms with Gasteiger partial charge in [-0.15, -0.1) is 10.2 Å². The molecule has 2 atom stereocenters. The summed E-state index contributed by atoms with van der Waals surface area (Å²) >= 11 is 7.60. The van der Waals surface area contributed by atoms with Crippen molar-refractivity contribution < 1.29 is 9.84 Å². The second-order valence-corrected chi connectivity index (χ2v) is 8.38. The highest BCUT2D eigenvalue weighted by molar-refractivity contribution is 7.14. The monoisotopic (exact) mass is 366 g/mol. The number of halogens is 1. The summed E-state index contributed by atoms with van der Waals surface area (Å²) in [5, 5.41) is 24.5. The van der Waals surface area contributed by atoms with Crippen molar-refractivity contribution in [2.45, 2.75) is 37.8 Å². The van der Waals surface area contributed by atoms with Gasteiger partial charge < -0.3 is 15.2 Å². The highest BCUT2D eigenvalue weighted by Gasteiger charge is 2.49. The number of hydrogen-bond acceptors (Lipinski definition) is 7. The van der Waals surface area contributed by atoms with E-state index in [2.05, 4.69) is 20.5 Å². The van der Waals surface area contributed by atoms with Crippen LogP contribution in [0.5, 0.6) is 0 Å². The van der Waals surface area contributed by atoms with Crippen LogP contribution in [-0.2, 0) is 4.74 Å². The van der Waals surface area contributed by atoms with E-state index in [-0.39, 0.29) is 12.0 Å². The maximum absolute atomic E-state index is 10.1. The van der Waals surface area contributed by atoms with E-state index < -0.39 is 5.60 Å². The van der Waals surface area contributed by atoms with Crippen LogP contribution in [0.3, 0.4) is 0 Å². The Morgan fingerprint density at radius 3 is 2.79 bits per heavy atom. The van der Waals surface area contributed by atoms with Crippen LogP contribution < -0.4 is 5.32 Å². The molecule has 24 heavy (non-hydrogen) atoms. The second-order valence-electron chi connectivity index (χ2n) is 6.98. The summed E-state index contributed by atoms with van der Waals surface area (Å²) in [7, 11) is 0. The van der Waals surface area contributed by atoms with Crippen molar-refractivity contribution in [1.29, 1.82) is 0 Å². The minimum absolute atomic E-state index is 0.256. The maximum Gasteiger partial charge on any atom is 0.151 e. The third kappa shape index (κ3) is 3.13. The molecule has 1 saturated heterocycles. The zero-order valence-electron chi connectivity index (χ0n) is 13.5.